The number of nitrogens with one attached hydrogen (secondary N) is 1. The van der Waals surface area contributed by atoms with Crippen molar-refractivity contribution in [2.45, 2.75) is 45.6 Å². The number of sulfonamides is 1. The third-order valence-electron chi connectivity index (χ3n) is 5.09. The molecule has 0 unspecified atom stereocenters. The molecule has 0 heterocycles. The number of hydrogen-bond acceptors (Lipinski definition) is 4. The Morgan fingerprint density at radius 3 is 2.14 bits per heavy atom. The molecule has 0 spiro atoms. The quantitative estimate of drug-likeness (QED) is 0.473. The minimum atomic E-state index is -4.79. The van der Waals surface area contributed by atoms with E-state index in [0.29, 0.717) is 22.0 Å². The highest BCUT2D eigenvalue weighted by Gasteiger charge is 2.34. The van der Waals surface area contributed by atoms with Crippen molar-refractivity contribution in [3.8, 4) is 0 Å². The lowest BCUT2D eigenvalue weighted by Gasteiger charge is -2.32. The zero-order valence-corrected chi connectivity index (χ0v) is 21.5. The summed E-state index contributed by atoms with van der Waals surface area (Å²) in [6, 6.07) is 5.84. The monoisotopic (exact) mass is 551 g/mol. The van der Waals surface area contributed by atoms with Crippen molar-refractivity contribution in [3.05, 3.63) is 64.4 Å². The Labute approximate surface area is 212 Å². The lowest BCUT2D eigenvalue weighted by Crippen LogP contribution is -2.52. The van der Waals surface area contributed by atoms with E-state index in [-0.39, 0.29) is 17.6 Å². The number of alkyl halides is 3. The summed E-state index contributed by atoms with van der Waals surface area (Å²) in [5.41, 5.74) is -1.25. The maximum absolute atomic E-state index is 13.4. The number of anilines is 1. The van der Waals surface area contributed by atoms with Crippen molar-refractivity contribution in [3.63, 3.8) is 0 Å². The summed E-state index contributed by atoms with van der Waals surface area (Å²) in [4.78, 5) is 27.1. The second kappa shape index (κ2) is 11.5. The van der Waals surface area contributed by atoms with Gasteiger partial charge in [-0.25, -0.2) is 12.8 Å². The molecule has 7 nitrogen and oxygen atoms in total. The third kappa shape index (κ3) is 7.82. The molecule has 198 valence electrons. The molecule has 0 aromatic heterocycles. The van der Waals surface area contributed by atoms with Gasteiger partial charge in [-0.2, -0.15) is 13.2 Å². The van der Waals surface area contributed by atoms with Gasteiger partial charge in [-0.05, 0) is 56.7 Å². The van der Waals surface area contributed by atoms with Crippen LogP contribution in [0.5, 0.6) is 0 Å². The maximum Gasteiger partial charge on any atom is 0.416 e. The number of rotatable bonds is 9. The van der Waals surface area contributed by atoms with E-state index in [1.807, 2.05) is 0 Å². The standard InChI is InChI=1S/C23H26ClF4N3O4S/c1-14(2)29-22(33)15(3)30(12-16-5-8-18(25)9-6-16)21(32)13-31(36(4,34)35)20-11-17(23(26,27)28)7-10-19(20)24/h5-11,14-15H,12-13H2,1-4H3,(H,29,33)/t15-/m0/s1. The average molecular weight is 552 g/mol. The number of carbonyl (C=O) groups excluding carboxylic acids is 2. The number of carbonyl (C=O) groups is 2. The third-order valence-corrected chi connectivity index (χ3v) is 6.53. The molecule has 0 aliphatic heterocycles. The highest BCUT2D eigenvalue weighted by molar-refractivity contribution is 7.92. The van der Waals surface area contributed by atoms with Gasteiger partial charge < -0.3 is 10.2 Å². The van der Waals surface area contributed by atoms with Crippen molar-refractivity contribution in [2.24, 2.45) is 0 Å². The van der Waals surface area contributed by atoms with E-state index in [0.717, 1.165) is 29.4 Å². The molecule has 0 bridgehead atoms. The van der Waals surface area contributed by atoms with Gasteiger partial charge in [-0.15, -0.1) is 0 Å². The fourth-order valence-electron chi connectivity index (χ4n) is 3.25. The SMILES string of the molecule is CC(C)NC(=O)[C@H](C)N(Cc1ccc(F)cc1)C(=O)CN(c1cc(C(F)(F)F)ccc1Cl)S(C)(=O)=O. The highest BCUT2D eigenvalue weighted by Crippen LogP contribution is 2.36. The molecule has 0 saturated heterocycles. The van der Waals surface area contributed by atoms with E-state index < -0.39 is 57.7 Å². The summed E-state index contributed by atoms with van der Waals surface area (Å²) in [7, 11) is -4.29. The van der Waals surface area contributed by atoms with Gasteiger partial charge in [-0.3, -0.25) is 13.9 Å². The first-order valence-corrected chi connectivity index (χ1v) is 12.9. The largest absolute Gasteiger partial charge is 0.416 e. The smallest absolute Gasteiger partial charge is 0.352 e. The summed E-state index contributed by atoms with van der Waals surface area (Å²) < 4.78 is 78.7. The average Bonchev–Trinajstić information content (AvgIpc) is 2.75. The molecule has 0 fully saturated rings. The fourth-order valence-corrected chi connectivity index (χ4v) is 4.37. The molecule has 0 radical (unpaired) electrons. The second-order valence-corrected chi connectivity index (χ2v) is 10.7. The van der Waals surface area contributed by atoms with E-state index in [1.165, 1.54) is 19.1 Å². The molecule has 0 aliphatic carbocycles. The maximum atomic E-state index is 13.4. The molecule has 13 heteroatoms. The molecule has 2 aromatic rings. The summed E-state index contributed by atoms with van der Waals surface area (Å²) in [6.07, 6.45) is -4.07. The van der Waals surface area contributed by atoms with Crippen LogP contribution in [-0.2, 0) is 32.3 Å². The molecular weight excluding hydrogens is 526 g/mol. The van der Waals surface area contributed by atoms with Crippen molar-refractivity contribution in [2.75, 3.05) is 17.1 Å². The zero-order chi connectivity index (χ0) is 27.4. The Morgan fingerprint density at radius 1 is 1.06 bits per heavy atom. The Hall–Kier alpha value is -2.86. The van der Waals surface area contributed by atoms with Crippen LogP contribution in [0.2, 0.25) is 5.02 Å². The van der Waals surface area contributed by atoms with Gasteiger partial charge in [0.05, 0.1) is 22.5 Å². The Bertz CT molecular complexity index is 1200. The van der Waals surface area contributed by atoms with Crippen LogP contribution in [0.25, 0.3) is 0 Å². The van der Waals surface area contributed by atoms with E-state index >= 15 is 0 Å². The van der Waals surface area contributed by atoms with Gasteiger partial charge in [0.1, 0.15) is 18.4 Å². The lowest BCUT2D eigenvalue weighted by atomic mass is 10.1. The normalized spacial score (nSPS) is 12.8. The van der Waals surface area contributed by atoms with Crippen LogP contribution in [0.3, 0.4) is 0 Å². The highest BCUT2D eigenvalue weighted by atomic mass is 35.5. The van der Waals surface area contributed by atoms with E-state index in [1.54, 1.807) is 13.8 Å². The minimum Gasteiger partial charge on any atom is -0.352 e. The molecule has 2 rings (SSSR count). The van der Waals surface area contributed by atoms with E-state index in [4.69, 9.17) is 11.6 Å². The molecule has 36 heavy (non-hydrogen) atoms. The van der Waals surface area contributed by atoms with Crippen LogP contribution < -0.4 is 9.62 Å². The number of halogens is 5. The molecule has 2 aromatic carbocycles. The van der Waals surface area contributed by atoms with Gasteiger partial charge in [0, 0.05) is 12.6 Å². The fraction of sp³-hybridized carbons (Fsp3) is 0.391. The first-order valence-electron chi connectivity index (χ1n) is 10.7. The number of nitrogens with zero attached hydrogens (tertiary/aromatic N) is 2. The molecule has 1 atom stereocenters. The first-order chi connectivity index (χ1) is 16.5. The van der Waals surface area contributed by atoms with Crippen molar-refractivity contribution in [1.82, 2.24) is 10.2 Å². The van der Waals surface area contributed by atoms with Gasteiger partial charge in [0.2, 0.25) is 21.8 Å². The van der Waals surface area contributed by atoms with E-state index in [2.05, 4.69) is 5.32 Å². The molecule has 0 aliphatic rings. The van der Waals surface area contributed by atoms with Crippen LogP contribution in [0.1, 0.15) is 31.9 Å². The van der Waals surface area contributed by atoms with Crippen LogP contribution in [-0.4, -0.2) is 50.0 Å². The van der Waals surface area contributed by atoms with Gasteiger partial charge in [0.15, 0.2) is 0 Å². The zero-order valence-electron chi connectivity index (χ0n) is 19.9. The van der Waals surface area contributed by atoms with Crippen LogP contribution in [0.4, 0.5) is 23.2 Å². The molecule has 2 amide bonds. The Morgan fingerprint density at radius 2 is 1.64 bits per heavy atom. The predicted molar refractivity (Wildman–Crippen MR) is 128 cm³/mol. The van der Waals surface area contributed by atoms with Crippen molar-refractivity contribution < 1.29 is 35.6 Å². The van der Waals surface area contributed by atoms with Gasteiger partial charge >= 0.3 is 6.18 Å². The second-order valence-electron chi connectivity index (χ2n) is 8.42. The summed E-state index contributed by atoms with van der Waals surface area (Å²) >= 11 is 6.03. The lowest BCUT2D eigenvalue weighted by molar-refractivity contribution is -0.139. The number of benzene rings is 2. The van der Waals surface area contributed by atoms with Gasteiger partial charge in [-0.1, -0.05) is 23.7 Å². The Kier molecular flexibility index (Phi) is 9.35. The van der Waals surface area contributed by atoms with Crippen LogP contribution in [0, 0.1) is 5.82 Å². The van der Waals surface area contributed by atoms with E-state index in [9.17, 15) is 35.6 Å². The summed E-state index contributed by atoms with van der Waals surface area (Å²) in [5, 5.41) is 2.33. The summed E-state index contributed by atoms with van der Waals surface area (Å²) in [6.45, 7) is 3.71. The topological polar surface area (TPSA) is 86.8 Å². The first kappa shape index (κ1) is 29.4. The van der Waals surface area contributed by atoms with Crippen LogP contribution in [0.15, 0.2) is 42.5 Å². The summed E-state index contributed by atoms with van der Waals surface area (Å²) in [5.74, 6) is -1.95. The predicted octanol–water partition coefficient (Wildman–Crippen LogP) is 4.21. The number of amides is 2. The number of hydrogen-bond donors (Lipinski definition) is 1. The van der Waals surface area contributed by atoms with Crippen molar-refractivity contribution in [1.29, 1.82) is 0 Å². The molecule has 1 N–H and O–H groups in total. The molecular formula is C23H26ClF4N3O4S. The van der Waals surface area contributed by atoms with Gasteiger partial charge in [0.25, 0.3) is 0 Å². The van der Waals surface area contributed by atoms with Crippen LogP contribution >= 0.6 is 11.6 Å². The molecule has 0 saturated carbocycles. The minimum absolute atomic E-state index is 0.195. The van der Waals surface area contributed by atoms with Crippen molar-refractivity contribution >= 4 is 39.1 Å². The Balaban J connectivity index is 2.49.